The molecule has 0 amide bonds. The number of rotatable bonds is 4. The fraction of sp³-hybridized carbons (Fsp3) is 0.333. The van der Waals surface area contributed by atoms with Crippen molar-refractivity contribution in [2.24, 2.45) is 0 Å². The summed E-state index contributed by atoms with van der Waals surface area (Å²) in [6.07, 6.45) is -0.284. The van der Waals surface area contributed by atoms with Crippen LogP contribution in [0.2, 0.25) is 0 Å². The van der Waals surface area contributed by atoms with Gasteiger partial charge in [0.25, 0.3) is 0 Å². The first-order valence-corrected chi connectivity index (χ1v) is 5.29. The minimum Gasteiger partial charge on any atom is -0.466 e. The van der Waals surface area contributed by atoms with E-state index in [-0.39, 0.29) is 25.6 Å². The Balaban J connectivity index is 2.15. The van der Waals surface area contributed by atoms with Crippen LogP contribution in [0.15, 0.2) is 18.2 Å². The highest BCUT2D eigenvalue weighted by molar-refractivity contribution is 6.08. The average molecular weight is 236 g/mol. The second-order valence-corrected chi connectivity index (χ2v) is 3.44. The summed E-state index contributed by atoms with van der Waals surface area (Å²) in [5.41, 5.74) is 0.355. The van der Waals surface area contributed by atoms with Crippen molar-refractivity contribution in [3.63, 3.8) is 0 Å². The zero-order valence-electron chi connectivity index (χ0n) is 9.39. The lowest BCUT2D eigenvalue weighted by Gasteiger charge is -2.04. The van der Waals surface area contributed by atoms with Crippen molar-refractivity contribution in [2.75, 3.05) is 13.4 Å². The van der Waals surface area contributed by atoms with Crippen molar-refractivity contribution >= 4 is 11.8 Å². The zero-order valence-corrected chi connectivity index (χ0v) is 9.39. The molecule has 0 radical (unpaired) electrons. The summed E-state index contributed by atoms with van der Waals surface area (Å²) in [6, 6.07) is 5.00. The molecule has 90 valence electrons. The van der Waals surface area contributed by atoms with Crippen LogP contribution in [0.5, 0.6) is 11.5 Å². The van der Waals surface area contributed by atoms with Gasteiger partial charge in [0.2, 0.25) is 6.79 Å². The van der Waals surface area contributed by atoms with Crippen molar-refractivity contribution in [2.45, 2.75) is 13.3 Å². The largest absolute Gasteiger partial charge is 0.466 e. The van der Waals surface area contributed by atoms with Crippen LogP contribution in [0.3, 0.4) is 0 Å². The molecule has 0 unspecified atom stereocenters. The fourth-order valence-electron chi connectivity index (χ4n) is 1.59. The third-order valence-electron chi connectivity index (χ3n) is 2.31. The Kier molecular flexibility index (Phi) is 3.27. The SMILES string of the molecule is CCOC(=O)CC(=O)c1cccc2c1OCO2. The maximum Gasteiger partial charge on any atom is 0.313 e. The van der Waals surface area contributed by atoms with Gasteiger partial charge in [0.1, 0.15) is 6.42 Å². The highest BCUT2D eigenvalue weighted by Gasteiger charge is 2.23. The van der Waals surface area contributed by atoms with E-state index in [1.165, 1.54) is 0 Å². The number of carbonyl (C=O) groups is 2. The molecule has 5 nitrogen and oxygen atoms in total. The zero-order chi connectivity index (χ0) is 12.3. The van der Waals surface area contributed by atoms with Crippen molar-refractivity contribution < 1.29 is 23.8 Å². The molecule has 1 aromatic rings. The summed E-state index contributed by atoms with van der Waals surface area (Å²) >= 11 is 0. The molecule has 0 saturated heterocycles. The number of benzene rings is 1. The number of hydrogen-bond acceptors (Lipinski definition) is 5. The van der Waals surface area contributed by atoms with Crippen LogP contribution < -0.4 is 9.47 Å². The van der Waals surface area contributed by atoms with Gasteiger partial charge in [0.15, 0.2) is 17.3 Å². The van der Waals surface area contributed by atoms with Crippen molar-refractivity contribution in [3.8, 4) is 11.5 Å². The Morgan fingerprint density at radius 3 is 2.94 bits per heavy atom. The van der Waals surface area contributed by atoms with Gasteiger partial charge in [-0.25, -0.2) is 0 Å². The van der Waals surface area contributed by atoms with Gasteiger partial charge >= 0.3 is 5.97 Å². The average Bonchev–Trinajstić information content (AvgIpc) is 2.76. The molecule has 0 aromatic heterocycles. The number of esters is 1. The van der Waals surface area contributed by atoms with E-state index >= 15 is 0 Å². The lowest BCUT2D eigenvalue weighted by Crippen LogP contribution is -2.11. The van der Waals surface area contributed by atoms with E-state index in [1.807, 2.05) is 0 Å². The molecule has 0 N–H and O–H groups in total. The molecule has 1 heterocycles. The number of fused-ring (bicyclic) bond motifs is 1. The van der Waals surface area contributed by atoms with E-state index in [0.29, 0.717) is 17.1 Å². The molecular formula is C12H12O5. The molecular weight excluding hydrogens is 224 g/mol. The minimum atomic E-state index is -0.533. The Morgan fingerprint density at radius 1 is 1.35 bits per heavy atom. The van der Waals surface area contributed by atoms with Crippen LogP contribution in [-0.2, 0) is 9.53 Å². The Labute approximate surface area is 98.3 Å². The Morgan fingerprint density at radius 2 is 2.18 bits per heavy atom. The molecule has 1 aliphatic rings. The van der Waals surface area contributed by atoms with Crippen molar-refractivity contribution in [1.29, 1.82) is 0 Å². The number of Topliss-reactive ketones (excluding diaryl/α,β-unsaturated/α-hetero) is 1. The quantitative estimate of drug-likeness (QED) is 0.451. The van der Waals surface area contributed by atoms with Crippen molar-refractivity contribution in [3.05, 3.63) is 23.8 Å². The lowest BCUT2D eigenvalue weighted by molar-refractivity contribution is -0.141. The molecule has 0 bridgehead atoms. The van der Waals surface area contributed by atoms with Crippen molar-refractivity contribution in [1.82, 2.24) is 0 Å². The second kappa shape index (κ2) is 4.86. The highest BCUT2D eigenvalue weighted by Crippen LogP contribution is 2.35. The molecule has 0 atom stereocenters. The molecule has 0 aliphatic carbocycles. The molecule has 0 fully saturated rings. The van der Waals surface area contributed by atoms with E-state index in [0.717, 1.165) is 0 Å². The normalized spacial score (nSPS) is 12.3. The molecule has 17 heavy (non-hydrogen) atoms. The number of ketones is 1. The van der Waals surface area contributed by atoms with Crippen LogP contribution >= 0.6 is 0 Å². The number of ether oxygens (including phenoxy) is 3. The van der Waals surface area contributed by atoms with Gasteiger partial charge in [-0.15, -0.1) is 0 Å². The first kappa shape index (κ1) is 11.4. The molecule has 0 saturated carbocycles. The molecule has 2 rings (SSSR count). The van der Waals surface area contributed by atoms with Crippen LogP contribution in [0, 0.1) is 0 Å². The Hall–Kier alpha value is -2.04. The molecule has 0 spiro atoms. The van der Waals surface area contributed by atoms with E-state index in [4.69, 9.17) is 14.2 Å². The summed E-state index contributed by atoms with van der Waals surface area (Å²) < 4.78 is 15.1. The van der Waals surface area contributed by atoms with Gasteiger partial charge in [-0.05, 0) is 19.1 Å². The molecule has 1 aliphatic heterocycles. The van der Waals surface area contributed by atoms with E-state index in [9.17, 15) is 9.59 Å². The second-order valence-electron chi connectivity index (χ2n) is 3.44. The van der Waals surface area contributed by atoms with Gasteiger partial charge in [-0.2, -0.15) is 0 Å². The highest BCUT2D eigenvalue weighted by atomic mass is 16.7. The van der Waals surface area contributed by atoms with E-state index in [2.05, 4.69) is 0 Å². The lowest BCUT2D eigenvalue weighted by atomic mass is 10.1. The van der Waals surface area contributed by atoms with Gasteiger partial charge < -0.3 is 14.2 Å². The minimum absolute atomic E-state index is 0.0963. The molecule has 5 heteroatoms. The number of hydrogen-bond donors (Lipinski definition) is 0. The third kappa shape index (κ3) is 2.38. The summed E-state index contributed by atoms with van der Waals surface area (Å²) in [5, 5.41) is 0. The number of para-hydroxylation sites is 1. The first-order valence-electron chi connectivity index (χ1n) is 5.29. The number of carbonyl (C=O) groups excluding carboxylic acids is 2. The van der Waals surface area contributed by atoms with Crippen LogP contribution in [0.1, 0.15) is 23.7 Å². The van der Waals surface area contributed by atoms with Crippen LogP contribution in [0.25, 0.3) is 0 Å². The maximum absolute atomic E-state index is 11.9. The summed E-state index contributed by atoms with van der Waals surface area (Å²) in [5.74, 6) is 0.0707. The maximum atomic E-state index is 11.9. The van der Waals surface area contributed by atoms with Crippen LogP contribution in [-0.4, -0.2) is 25.2 Å². The standard InChI is InChI=1S/C12H12O5/c1-2-15-11(14)6-9(13)8-4-3-5-10-12(8)17-7-16-10/h3-5H,2,6-7H2,1H3. The van der Waals surface area contributed by atoms with E-state index < -0.39 is 5.97 Å². The fourth-order valence-corrected chi connectivity index (χ4v) is 1.59. The van der Waals surface area contributed by atoms with Gasteiger partial charge in [0, 0.05) is 0 Å². The smallest absolute Gasteiger partial charge is 0.313 e. The van der Waals surface area contributed by atoms with Gasteiger partial charge in [-0.3, -0.25) is 9.59 Å². The monoisotopic (exact) mass is 236 g/mol. The predicted octanol–water partition coefficient (Wildman–Crippen LogP) is 1.55. The van der Waals surface area contributed by atoms with Gasteiger partial charge in [-0.1, -0.05) is 6.07 Å². The first-order chi connectivity index (χ1) is 8.22. The summed E-state index contributed by atoms with van der Waals surface area (Å²) in [7, 11) is 0. The van der Waals surface area contributed by atoms with E-state index in [1.54, 1.807) is 25.1 Å². The summed E-state index contributed by atoms with van der Waals surface area (Å²) in [4.78, 5) is 23.1. The van der Waals surface area contributed by atoms with Crippen LogP contribution in [0.4, 0.5) is 0 Å². The molecule has 1 aromatic carbocycles. The van der Waals surface area contributed by atoms with Gasteiger partial charge in [0.05, 0.1) is 12.2 Å². The topological polar surface area (TPSA) is 61.8 Å². The Bertz CT molecular complexity index is 452. The summed E-state index contributed by atoms with van der Waals surface area (Å²) in [6.45, 7) is 2.05. The third-order valence-corrected chi connectivity index (χ3v) is 2.31. The predicted molar refractivity (Wildman–Crippen MR) is 58.1 cm³/mol.